The summed E-state index contributed by atoms with van der Waals surface area (Å²) >= 11 is 0. The van der Waals surface area contributed by atoms with E-state index in [0.717, 1.165) is 11.3 Å². The van der Waals surface area contributed by atoms with Crippen LogP contribution in [0.2, 0.25) is 0 Å². The van der Waals surface area contributed by atoms with Crippen LogP contribution in [-0.2, 0) is 6.54 Å². The van der Waals surface area contributed by atoms with Gasteiger partial charge in [0.15, 0.2) is 0 Å². The average Bonchev–Trinajstić information content (AvgIpc) is 2.57. The molecule has 0 radical (unpaired) electrons. The molecule has 3 rings (SSSR count). The molecule has 0 spiro atoms. The Morgan fingerprint density at radius 1 is 1.04 bits per heavy atom. The monoisotopic (exact) mass is 319 g/mol. The normalized spacial score (nSPS) is 10.4. The standard InChI is InChI=1S/C19H17N3O2/c1-14-7-5-11-17(20-14)21-18(23)16-10-6-12-22(19(16)24)13-15-8-3-2-4-9-15/h2-12H,13H2,1H3,(H,20,21,23). The fourth-order valence-corrected chi connectivity index (χ4v) is 2.41. The number of rotatable bonds is 4. The summed E-state index contributed by atoms with van der Waals surface area (Å²) in [5.41, 5.74) is 1.56. The third-order valence-corrected chi connectivity index (χ3v) is 3.59. The smallest absolute Gasteiger partial charge is 0.263 e. The van der Waals surface area contributed by atoms with E-state index in [0.29, 0.717) is 12.4 Å². The number of hydrogen-bond acceptors (Lipinski definition) is 3. The number of nitrogens with one attached hydrogen (secondary N) is 1. The molecule has 0 aliphatic carbocycles. The maximum absolute atomic E-state index is 12.6. The predicted molar refractivity (Wildman–Crippen MR) is 93.2 cm³/mol. The Morgan fingerprint density at radius 3 is 2.58 bits per heavy atom. The lowest BCUT2D eigenvalue weighted by Gasteiger charge is -2.09. The highest BCUT2D eigenvalue weighted by molar-refractivity contribution is 6.03. The molecule has 0 unspecified atom stereocenters. The van der Waals surface area contributed by atoms with Gasteiger partial charge in [-0.05, 0) is 36.8 Å². The Labute approximate surface area is 139 Å². The molecule has 3 aromatic rings. The van der Waals surface area contributed by atoms with Crippen LogP contribution >= 0.6 is 0 Å². The van der Waals surface area contributed by atoms with Crippen LogP contribution in [0, 0.1) is 6.92 Å². The molecule has 0 aliphatic heterocycles. The molecule has 5 nitrogen and oxygen atoms in total. The van der Waals surface area contributed by atoms with Gasteiger partial charge in [-0.1, -0.05) is 36.4 Å². The fraction of sp³-hybridized carbons (Fsp3) is 0.105. The summed E-state index contributed by atoms with van der Waals surface area (Å²) in [6.07, 6.45) is 1.68. The maximum atomic E-state index is 12.6. The first-order valence-corrected chi connectivity index (χ1v) is 7.62. The van der Waals surface area contributed by atoms with Gasteiger partial charge in [-0.3, -0.25) is 9.59 Å². The number of pyridine rings is 2. The first kappa shape index (κ1) is 15.7. The molecule has 1 N–H and O–H groups in total. The van der Waals surface area contributed by atoms with E-state index in [-0.39, 0.29) is 11.1 Å². The number of amides is 1. The van der Waals surface area contributed by atoms with E-state index in [1.807, 2.05) is 43.3 Å². The highest BCUT2D eigenvalue weighted by Gasteiger charge is 2.13. The third-order valence-electron chi connectivity index (χ3n) is 3.59. The van der Waals surface area contributed by atoms with Crippen molar-refractivity contribution in [3.63, 3.8) is 0 Å². The summed E-state index contributed by atoms with van der Waals surface area (Å²) in [5.74, 6) is -0.0293. The van der Waals surface area contributed by atoms with Crippen molar-refractivity contribution in [2.75, 3.05) is 5.32 Å². The number of aromatic nitrogens is 2. The lowest BCUT2D eigenvalue weighted by atomic mass is 10.2. The zero-order valence-corrected chi connectivity index (χ0v) is 13.3. The van der Waals surface area contributed by atoms with Crippen LogP contribution in [0.1, 0.15) is 21.6 Å². The molecule has 2 aromatic heterocycles. The van der Waals surface area contributed by atoms with E-state index in [2.05, 4.69) is 10.3 Å². The van der Waals surface area contributed by atoms with Gasteiger partial charge in [0.2, 0.25) is 0 Å². The largest absolute Gasteiger partial charge is 0.310 e. The van der Waals surface area contributed by atoms with Gasteiger partial charge in [0.05, 0.1) is 6.54 Å². The Balaban J connectivity index is 1.85. The summed E-state index contributed by atoms with van der Waals surface area (Å²) in [7, 11) is 0. The van der Waals surface area contributed by atoms with Crippen molar-refractivity contribution in [1.82, 2.24) is 9.55 Å². The summed E-state index contributed by atoms with van der Waals surface area (Å²) in [5, 5.41) is 2.67. The zero-order chi connectivity index (χ0) is 16.9. The minimum atomic E-state index is -0.458. The number of aryl methyl sites for hydroxylation is 1. The van der Waals surface area contributed by atoms with Crippen LogP contribution in [0.5, 0.6) is 0 Å². The first-order chi connectivity index (χ1) is 11.6. The van der Waals surface area contributed by atoms with E-state index < -0.39 is 5.91 Å². The van der Waals surface area contributed by atoms with E-state index in [1.54, 1.807) is 24.4 Å². The second kappa shape index (κ2) is 6.91. The van der Waals surface area contributed by atoms with Crippen molar-refractivity contribution in [1.29, 1.82) is 0 Å². The highest BCUT2D eigenvalue weighted by atomic mass is 16.2. The average molecular weight is 319 g/mol. The minimum Gasteiger partial charge on any atom is -0.310 e. The summed E-state index contributed by atoms with van der Waals surface area (Å²) in [6, 6.07) is 18.2. The van der Waals surface area contributed by atoms with Crippen molar-refractivity contribution in [2.24, 2.45) is 0 Å². The second-order valence-corrected chi connectivity index (χ2v) is 5.46. The second-order valence-electron chi connectivity index (χ2n) is 5.46. The van der Waals surface area contributed by atoms with Crippen LogP contribution in [0.25, 0.3) is 0 Å². The van der Waals surface area contributed by atoms with E-state index in [1.165, 1.54) is 10.6 Å². The summed E-state index contributed by atoms with van der Waals surface area (Å²) < 4.78 is 1.52. The van der Waals surface area contributed by atoms with Crippen LogP contribution in [-0.4, -0.2) is 15.5 Å². The third kappa shape index (κ3) is 3.57. The van der Waals surface area contributed by atoms with Gasteiger partial charge < -0.3 is 9.88 Å². The molecule has 0 bridgehead atoms. The number of anilines is 1. The van der Waals surface area contributed by atoms with Crippen molar-refractivity contribution in [3.05, 3.63) is 94.0 Å². The molecule has 0 saturated carbocycles. The topological polar surface area (TPSA) is 64.0 Å². The van der Waals surface area contributed by atoms with Gasteiger partial charge in [-0.2, -0.15) is 0 Å². The molecule has 0 aliphatic rings. The van der Waals surface area contributed by atoms with Gasteiger partial charge in [-0.25, -0.2) is 4.98 Å². The van der Waals surface area contributed by atoms with E-state index in [4.69, 9.17) is 0 Å². The molecule has 2 heterocycles. The first-order valence-electron chi connectivity index (χ1n) is 7.62. The molecule has 5 heteroatoms. The molecule has 120 valence electrons. The van der Waals surface area contributed by atoms with Crippen LogP contribution < -0.4 is 10.9 Å². The molecule has 24 heavy (non-hydrogen) atoms. The lowest BCUT2D eigenvalue weighted by molar-refractivity contribution is 0.102. The van der Waals surface area contributed by atoms with E-state index >= 15 is 0 Å². The Kier molecular flexibility index (Phi) is 4.52. The van der Waals surface area contributed by atoms with Crippen molar-refractivity contribution >= 4 is 11.7 Å². The maximum Gasteiger partial charge on any atom is 0.263 e. The predicted octanol–water partition coefficient (Wildman–Crippen LogP) is 2.85. The Morgan fingerprint density at radius 2 is 1.83 bits per heavy atom. The molecule has 0 fully saturated rings. The molecule has 0 atom stereocenters. The van der Waals surface area contributed by atoms with Gasteiger partial charge in [0.25, 0.3) is 11.5 Å². The van der Waals surface area contributed by atoms with Gasteiger partial charge in [-0.15, -0.1) is 0 Å². The molecule has 1 aromatic carbocycles. The quantitative estimate of drug-likeness (QED) is 0.804. The SMILES string of the molecule is Cc1cccc(NC(=O)c2cccn(Cc3ccccc3)c2=O)n1. The lowest BCUT2D eigenvalue weighted by Crippen LogP contribution is -2.29. The number of carbonyl (C=O) groups is 1. The molecular formula is C19H17N3O2. The van der Waals surface area contributed by atoms with Gasteiger partial charge in [0.1, 0.15) is 11.4 Å². The number of benzene rings is 1. The highest BCUT2D eigenvalue weighted by Crippen LogP contribution is 2.06. The Bertz CT molecular complexity index is 917. The molecular weight excluding hydrogens is 302 g/mol. The fourth-order valence-electron chi connectivity index (χ4n) is 2.41. The van der Waals surface area contributed by atoms with Gasteiger partial charge >= 0.3 is 0 Å². The minimum absolute atomic E-state index is 0.0942. The van der Waals surface area contributed by atoms with Crippen molar-refractivity contribution in [3.8, 4) is 0 Å². The number of hydrogen-bond donors (Lipinski definition) is 1. The molecule has 0 saturated heterocycles. The van der Waals surface area contributed by atoms with E-state index in [9.17, 15) is 9.59 Å². The van der Waals surface area contributed by atoms with Crippen LogP contribution in [0.15, 0.2) is 71.7 Å². The number of carbonyl (C=O) groups excluding carboxylic acids is 1. The Hall–Kier alpha value is -3.21. The summed E-state index contributed by atoms with van der Waals surface area (Å²) in [4.78, 5) is 29.2. The van der Waals surface area contributed by atoms with Crippen LogP contribution in [0.3, 0.4) is 0 Å². The van der Waals surface area contributed by atoms with Crippen molar-refractivity contribution in [2.45, 2.75) is 13.5 Å². The number of nitrogens with zero attached hydrogens (tertiary/aromatic N) is 2. The van der Waals surface area contributed by atoms with Crippen LogP contribution in [0.4, 0.5) is 5.82 Å². The van der Waals surface area contributed by atoms with Gasteiger partial charge in [0, 0.05) is 11.9 Å². The zero-order valence-electron chi connectivity index (χ0n) is 13.3. The summed E-state index contributed by atoms with van der Waals surface area (Å²) in [6.45, 7) is 2.26. The molecule has 1 amide bonds. The van der Waals surface area contributed by atoms with Crippen molar-refractivity contribution < 1.29 is 4.79 Å².